The molecule has 2 rings (SSSR count). The molecule has 0 spiro atoms. The molecular weight excluding hydrogens is 302 g/mol. The van der Waals surface area contributed by atoms with E-state index < -0.39 is 33.1 Å². The predicted molar refractivity (Wildman–Crippen MR) is 72.1 cm³/mol. The summed E-state index contributed by atoms with van der Waals surface area (Å²) in [6.45, 7) is 0. The van der Waals surface area contributed by atoms with Crippen molar-refractivity contribution in [2.24, 2.45) is 5.73 Å². The van der Waals surface area contributed by atoms with Crippen molar-refractivity contribution < 1.29 is 22.0 Å². The Bertz CT molecular complexity index is 790. The second-order valence-electron chi connectivity index (χ2n) is 4.12. The van der Waals surface area contributed by atoms with Crippen molar-refractivity contribution in [1.29, 1.82) is 0 Å². The standard InChI is InChI=1S/C13H10F2N2O3S/c14-8-1-4-10(5-2-8)21(19,20)17-9-3-6-12(15)11(7-9)13(16)18/h1-7,17H,(H2,16,18). The van der Waals surface area contributed by atoms with Crippen molar-refractivity contribution in [3.63, 3.8) is 0 Å². The number of carbonyl (C=O) groups is 1. The zero-order chi connectivity index (χ0) is 15.6. The minimum Gasteiger partial charge on any atom is -0.366 e. The van der Waals surface area contributed by atoms with E-state index in [1.54, 1.807) is 0 Å². The zero-order valence-corrected chi connectivity index (χ0v) is 11.3. The summed E-state index contributed by atoms with van der Waals surface area (Å²) < 4.78 is 52.3. The van der Waals surface area contributed by atoms with E-state index in [-0.39, 0.29) is 10.6 Å². The molecule has 0 aromatic heterocycles. The third-order valence-electron chi connectivity index (χ3n) is 2.61. The van der Waals surface area contributed by atoms with Crippen molar-refractivity contribution in [3.8, 4) is 0 Å². The molecule has 21 heavy (non-hydrogen) atoms. The molecule has 5 nitrogen and oxygen atoms in total. The van der Waals surface area contributed by atoms with Gasteiger partial charge in [0.2, 0.25) is 0 Å². The number of nitrogens with one attached hydrogen (secondary N) is 1. The average Bonchev–Trinajstić information content (AvgIpc) is 2.41. The molecule has 0 unspecified atom stereocenters. The Hall–Kier alpha value is -2.48. The number of amides is 1. The van der Waals surface area contributed by atoms with E-state index in [1.807, 2.05) is 0 Å². The number of benzene rings is 2. The normalized spacial score (nSPS) is 11.1. The van der Waals surface area contributed by atoms with E-state index in [2.05, 4.69) is 4.72 Å². The van der Waals surface area contributed by atoms with Crippen LogP contribution in [0.25, 0.3) is 0 Å². The highest BCUT2D eigenvalue weighted by Crippen LogP contribution is 2.19. The Labute approximate surface area is 119 Å². The van der Waals surface area contributed by atoms with E-state index in [0.29, 0.717) is 0 Å². The van der Waals surface area contributed by atoms with E-state index >= 15 is 0 Å². The maximum absolute atomic E-state index is 13.3. The second kappa shape index (κ2) is 5.49. The molecule has 0 radical (unpaired) electrons. The van der Waals surface area contributed by atoms with Crippen LogP contribution in [0, 0.1) is 11.6 Å². The molecule has 0 atom stereocenters. The lowest BCUT2D eigenvalue weighted by Gasteiger charge is -2.09. The van der Waals surface area contributed by atoms with Crippen LogP contribution in [0.2, 0.25) is 0 Å². The summed E-state index contributed by atoms with van der Waals surface area (Å²) >= 11 is 0. The highest BCUT2D eigenvalue weighted by molar-refractivity contribution is 7.92. The summed E-state index contributed by atoms with van der Waals surface area (Å²) in [6.07, 6.45) is 0. The zero-order valence-electron chi connectivity index (χ0n) is 10.5. The predicted octanol–water partition coefficient (Wildman–Crippen LogP) is 1.86. The van der Waals surface area contributed by atoms with Crippen molar-refractivity contribution in [2.75, 3.05) is 4.72 Å². The first-order chi connectivity index (χ1) is 9.79. The summed E-state index contributed by atoms with van der Waals surface area (Å²) in [7, 11) is -3.98. The maximum Gasteiger partial charge on any atom is 0.261 e. The number of nitrogens with two attached hydrogens (primary N) is 1. The van der Waals surface area contributed by atoms with E-state index in [4.69, 9.17) is 5.73 Å². The molecule has 0 saturated heterocycles. The molecule has 3 N–H and O–H groups in total. The summed E-state index contributed by atoms with van der Waals surface area (Å²) in [4.78, 5) is 10.8. The van der Waals surface area contributed by atoms with Crippen molar-refractivity contribution in [1.82, 2.24) is 0 Å². The van der Waals surface area contributed by atoms with Gasteiger partial charge in [0.15, 0.2) is 0 Å². The fraction of sp³-hybridized carbons (Fsp3) is 0. The van der Waals surface area contributed by atoms with Crippen LogP contribution in [0.15, 0.2) is 47.4 Å². The van der Waals surface area contributed by atoms with Crippen LogP contribution < -0.4 is 10.5 Å². The second-order valence-corrected chi connectivity index (χ2v) is 5.80. The Kier molecular flexibility index (Phi) is 3.90. The van der Waals surface area contributed by atoms with Crippen LogP contribution >= 0.6 is 0 Å². The van der Waals surface area contributed by atoms with Crippen LogP contribution in [0.4, 0.5) is 14.5 Å². The molecule has 0 fully saturated rings. The van der Waals surface area contributed by atoms with Gasteiger partial charge >= 0.3 is 0 Å². The number of halogens is 2. The summed E-state index contributed by atoms with van der Waals surface area (Å²) in [6, 6.07) is 7.19. The minimum atomic E-state index is -3.98. The summed E-state index contributed by atoms with van der Waals surface area (Å²) in [5.74, 6) is -2.45. The number of primary amides is 1. The molecular formula is C13H10F2N2O3S. The van der Waals surface area contributed by atoms with Crippen molar-refractivity contribution >= 4 is 21.6 Å². The smallest absolute Gasteiger partial charge is 0.261 e. The highest BCUT2D eigenvalue weighted by Gasteiger charge is 2.16. The van der Waals surface area contributed by atoms with Gasteiger partial charge in [0, 0.05) is 5.69 Å². The van der Waals surface area contributed by atoms with Gasteiger partial charge in [-0.15, -0.1) is 0 Å². The first kappa shape index (κ1) is 14.9. The minimum absolute atomic E-state index is 0.0328. The molecule has 0 bridgehead atoms. The monoisotopic (exact) mass is 312 g/mol. The van der Waals surface area contributed by atoms with Gasteiger partial charge in [-0.25, -0.2) is 17.2 Å². The van der Waals surface area contributed by atoms with Gasteiger partial charge in [0.1, 0.15) is 11.6 Å². The van der Waals surface area contributed by atoms with E-state index in [0.717, 1.165) is 42.5 Å². The average molecular weight is 312 g/mol. The quantitative estimate of drug-likeness (QED) is 0.903. The Balaban J connectivity index is 2.35. The van der Waals surface area contributed by atoms with Gasteiger partial charge in [0.25, 0.3) is 15.9 Å². The number of sulfonamides is 1. The molecule has 0 heterocycles. The Morgan fingerprint density at radius 2 is 1.67 bits per heavy atom. The number of carbonyl (C=O) groups excluding carboxylic acids is 1. The van der Waals surface area contributed by atoms with E-state index in [1.165, 1.54) is 0 Å². The van der Waals surface area contributed by atoms with Gasteiger partial charge < -0.3 is 5.73 Å². The van der Waals surface area contributed by atoms with Crippen molar-refractivity contribution in [3.05, 3.63) is 59.7 Å². The molecule has 110 valence electrons. The van der Waals surface area contributed by atoms with Gasteiger partial charge in [-0.1, -0.05) is 0 Å². The number of anilines is 1. The topological polar surface area (TPSA) is 89.3 Å². The van der Waals surface area contributed by atoms with E-state index in [9.17, 15) is 22.0 Å². The number of hydrogen-bond acceptors (Lipinski definition) is 3. The van der Waals surface area contributed by atoms with Crippen LogP contribution in [-0.4, -0.2) is 14.3 Å². The lowest BCUT2D eigenvalue weighted by atomic mass is 10.2. The third-order valence-corrected chi connectivity index (χ3v) is 4.01. The molecule has 8 heteroatoms. The largest absolute Gasteiger partial charge is 0.366 e. The SMILES string of the molecule is NC(=O)c1cc(NS(=O)(=O)c2ccc(F)cc2)ccc1F. The molecule has 0 aliphatic rings. The maximum atomic E-state index is 13.3. The fourth-order valence-corrected chi connectivity index (χ4v) is 2.65. The Morgan fingerprint density at radius 3 is 2.24 bits per heavy atom. The van der Waals surface area contributed by atoms with Gasteiger partial charge in [-0.05, 0) is 42.5 Å². The summed E-state index contributed by atoms with van der Waals surface area (Å²) in [5.41, 5.74) is 4.51. The van der Waals surface area contributed by atoms with Gasteiger partial charge in [-0.3, -0.25) is 9.52 Å². The molecule has 2 aromatic rings. The molecule has 0 aliphatic carbocycles. The fourth-order valence-electron chi connectivity index (χ4n) is 1.61. The van der Waals surface area contributed by atoms with Crippen LogP contribution in [0.5, 0.6) is 0 Å². The molecule has 0 aliphatic heterocycles. The van der Waals surface area contributed by atoms with Gasteiger partial charge in [-0.2, -0.15) is 0 Å². The number of rotatable bonds is 4. The number of hydrogen-bond donors (Lipinski definition) is 2. The third kappa shape index (κ3) is 3.34. The first-order valence-electron chi connectivity index (χ1n) is 5.67. The molecule has 2 aromatic carbocycles. The van der Waals surface area contributed by atoms with Crippen LogP contribution in [0.3, 0.4) is 0 Å². The highest BCUT2D eigenvalue weighted by atomic mass is 32.2. The lowest BCUT2D eigenvalue weighted by molar-refractivity contribution is 0.0996. The first-order valence-corrected chi connectivity index (χ1v) is 7.15. The van der Waals surface area contributed by atoms with Crippen molar-refractivity contribution in [2.45, 2.75) is 4.90 Å². The van der Waals surface area contributed by atoms with Gasteiger partial charge in [0.05, 0.1) is 10.5 Å². The lowest BCUT2D eigenvalue weighted by Crippen LogP contribution is -2.16. The molecule has 0 saturated carbocycles. The summed E-state index contributed by atoms with van der Waals surface area (Å²) in [5, 5.41) is 0. The Morgan fingerprint density at radius 1 is 1.05 bits per heavy atom. The van der Waals surface area contributed by atoms with Crippen LogP contribution in [-0.2, 0) is 10.0 Å². The molecule has 1 amide bonds. The van der Waals surface area contributed by atoms with Crippen LogP contribution in [0.1, 0.15) is 10.4 Å².